The molecule has 3 aromatic rings. The van der Waals surface area contributed by atoms with Gasteiger partial charge in [-0.2, -0.15) is 0 Å². The normalized spacial score (nSPS) is 11.7. The summed E-state index contributed by atoms with van der Waals surface area (Å²) >= 11 is 0. The number of fused-ring (bicyclic) bond motifs is 1. The first kappa shape index (κ1) is 20.9. The third-order valence-electron chi connectivity index (χ3n) is 4.55. The fourth-order valence-corrected chi connectivity index (χ4v) is 3.65. The maximum atomic E-state index is 12.9. The Morgan fingerprint density at radius 1 is 1.21 bits per heavy atom. The van der Waals surface area contributed by atoms with Crippen molar-refractivity contribution in [1.29, 1.82) is 0 Å². The van der Waals surface area contributed by atoms with E-state index in [4.69, 9.17) is 5.14 Å². The standard InChI is InChI=1S/C20H23FN4O3S/c1-2-11-25-18-8-7-16(29(22,27)28)12-17(18)24-19(25)9-10-20(26)23-13-14-3-5-15(21)6-4-14/h3-8,12H,2,9-11,13H2,1H3,(H,23,26)(H2,22,27,28). The van der Waals surface area contributed by atoms with Gasteiger partial charge in [-0.15, -0.1) is 0 Å². The third-order valence-corrected chi connectivity index (χ3v) is 5.46. The molecule has 0 aliphatic carbocycles. The van der Waals surface area contributed by atoms with Crippen molar-refractivity contribution in [2.75, 3.05) is 0 Å². The molecule has 1 amide bonds. The second-order valence-corrected chi connectivity index (χ2v) is 8.34. The molecule has 1 aromatic heterocycles. The number of amides is 1. The van der Waals surface area contributed by atoms with Crippen molar-refractivity contribution in [3.63, 3.8) is 0 Å². The molecule has 0 spiro atoms. The number of hydrogen-bond acceptors (Lipinski definition) is 4. The molecule has 0 aliphatic heterocycles. The highest BCUT2D eigenvalue weighted by molar-refractivity contribution is 7.89. The summed E-state index contributed by atoms with van der Waals surface area (Å²) in [4.78, 5) is 16.7. The Kier molecular flexibility index (Phi) is 6.29. The summed E-state index contributed by atoms with van der Waals surface area (Å²) in [7, 11) is -3.81. The average Bonchev–Trinajstić information content (AvgIpc) is 3.02. The number of aromatic nitrogens is 2. The van der Waals surface area contributed by atoms with Gasteiger partial charge in [-0.3, -0.25) is 4.79 Å². The van der Waals surface area contributed by atoms with Gasteiger partial charge in [0.2, 0.25) is 15.9 Å². The summed E-state index contributed by atoms with van der Waals surface area (Å²) in [5, 5.41) is 8.01. The number of imidazole rings is 1. The lowest BCUT2D eigenvalue weighted by Gasteiger charge is -2.08. The number of hydrogen-bond donors (Lipinski definition) is 2. The van der Waals surface area contributed by atoms with Gasteiger partial charge in [0.15, 0.2) is 0 Å². The first-order chi connectivity index (χ1) is 13.8. The van der Waals surface area contributed by atoms with Crippen molar-refractivity contribution in [1.82, 2.24) is 14.9 Å². The van der Waals surface area contributed by atoms with Crippen molar-refractivity contribution in [2.45, 2.75) is 44.2 Å². The zero-order chi connectivity index (χ0) is 21.0. The molecule has 0 saturated heterocycles. The van der Waals surface area contributed by atoms with Crippen LogP contribution in [0.15, 0.2) is 47.4 Å². The molecule has 0 atom stereocenters. The summed E-state index contributed by atoms with van der Waals surface area (Å²) in [5.41, 5.74) is 2.15. The van der Waals surface area contributed by atoms with Gasteiger partial charge in [0.25, 0.3) is 0 Å². The molecule has 0 aliphatic rings. The van der Waals surface area contributed by atoms with Crippen LogP contribution in [-0.4, -0.2) is 23.9 Å². The van der Waals surface area contributed by atoms with Crippen molar-refractivity contribution in [2.24, 2.45) is 5.14 Å². The van der Waals surface area contributed by atoms with Gasteiger partial charge in [0, 0.05) is 25.9 Å². The van der Waals surface area contributed by atoms with Crippen LogP contribution in [0.1, 0.15) is 31.2 Å². The van der Waals surface area contributed by atoms with E-state index in [2.05, 4.69) is 10.3 Å². The van der Waals surface area contributed by atoms with Gasteiger partial charge in [-0.25, -0.2) is 22.9 Å². The number of carbonyl (C=O) groups excluding carboxylic acids is 1. The van der Waals surface area contributed by atoms with E-state index >= 15 is 0 Å². The first-order valence-corrected chi connectivity index (χ1v) is 10.9. The Morgan fingerprint density at radius 2 is 1.93 bits per heavy atom. The molecule has 3 rings (SSSR count). The minimum absolute atomic E-state index is 0.00902. The molecule has 0 bridgehead atoms. The van der Waals surface area contributed by atoms with Crippen molar-refractivity contribution < 1.29 is 17.6 Å². The molecule has 154 valence electrons. The molecular formula is C20H23FN4O3S. The monoisotopic (exact) mass is 418 g/mol. The van der Waals surface area contributed by atoms with Gasteiger partial charge in [-0.1, -0.05) is 19.1 Å². The van der Waals surface area contributed by atoms with E-state index in [9.17, 15) is 17.6 Å². The zero-order valence-electron chi connectivity index (χ0n) is 16.1. The van der Waals surface area contributed by atoms with Gasteiger partial charge in [0.05, 0.1) is 15.9 Å². The van der Waals surface area contributed by atoms with Crippen molar-refractivity contribution >= 4 is 27.0 Å². The summed E-state index contributed by atoms with van der Waals surface area (Å²) < 4.78 is 38.1. The van der Waals surface area contributed by atoms with Crippen LogP contribution in [0.2, 0.25) is 0 Å². The Morgan fingerprint density at radius 3 is 2.59 bits per heavy atom. The fourth-order valence-electron chi connectivity index (χ4n) is 3.12. The number of halogens is 1. The number of primary sulfonamides is 1. The topological polar surface area (TPSA) is 107 Å². The highest BCUT2D eigenvalue weighted by Crippen LogP contribution is 2.21. The van der Waals surface area contributed by atoms with Crippen LogP contribution < -0.4 is 10.5 Å². The van der Waals surface area contributed by atoms with Gasteiger partial charge >= 0.3 is 0 Å². The first-order valence-electron chi connectivity index (χ1n) is 9.31. The van der Waals surface area contributed by atoms with E-state index in [1.807, 2.05) is 11.5 Å². The molecule has 0 fully saturated rings. The Hall–Kier alpha value is -2.78. The Bertz CT molecular complexity index is 1120. The molecule has 9 heteroatoms. The van der Waals surface area contributed by atoms with Crippen LogP contribution in [0.4, 0.5) is 4.39 Å². The lowest BCUT2D eigenvalue weighted by molar-refractivity contribution is -0.121. The second-order valence-electron chi connectivity index (χ2n) is 6.78. The number of sulfonamides is 1. The van der Waals surface area contributed by atoms with Crippen molar-refractivity contribution in [3.8, 4) is 0 Å². The molecule has 0 radical (unpaired) electrons. The van der Waals surface area contributed by atoms with E-state index in [0.29, 0.717) is 30.9 Å². The third kappa shape index (κ3) is 5.18. The predicted molar refractivity (Wildman–Crippen MR) is 108 cm³/mol. The lowest BCUT2D eigenvalue weighted by Crippen LogP contribution is -2.23. The number of benzene rings is 2. The van der Waals surface area contributed by atoms with Crippen LogP contribution in [0.3, 0.4) is 0 Å². The molecular weight excluding hydrogens is 395 g/mol. The molecule has 0 saturated carbocycles. The maximum Gasteiger partial charge on any atom is 0.238 e. The molecule has 1 heterocycles. The summed E-state index contributed by atoms with van der Waals surface area (Å²) in [5.74, 6) is 0.250. The Labute approximate surface area is 168 Å². The molecule has 0 unspecified atom stereocenters. The Balaban J connectivity index is 1.71. The number of nitrogens with zero attached hydrogens (tertiary/aromatic N) is 2. The number of rotatable bonds is 8. The van der Waals surface area contributed by atoms with Gasteiger partial charge in [0.1, 0.15) is 11.6 Å². The van der Waals surface area contributed by atoms with Crippen molar-refractivity contribution in [3.05, 3.63) is 59.7 Å². The number of nitrogens with two attached hydrogens (primary N) is 1. The second kappa shape index (κ2) is 8.71. The predicted octanol–water partition coefficient (Wildman–Crippen LogP) is 2.48. The van der Waals surface area contributed by atoms with Gasteiger partial charge in [-0.05, 0) is 42.3 Å². The molecule has 7 nitrogen and oxygen atoms in total. The number of aryl methyl sites for hydroxylation is 2. The van der Waals surface area contributed by atoms with Crippen LogP contribution in [-0.2, 0) is 34.3 Å². The minimum Gasteiger partial charge on any atom is -0.352 e. The van der Waals surface area contributed by atoms with E-state index in [1.165, 1.54) is 24.3 Å². The quantitative estimate of drug-likeness (QED) is 0.586. The van der Waals surface area contributed by atoms with E-state index < -0.39 is 10.0 Å². The largest absolute Gasteiger partial charge is 0.352 e. The van der Waals surface area contributed by atoms with Crippen LogP contribution in [0, 0.1) is 5.82 Å². The van der Waals surface area contributed by atoms with Crippen LogP contribution in [0.5, 0.6) is 0 Å². The minimum atomic E-state index is -3.81. The number of nitrogens with one attached hydrogen (secondary N) is 1. The van der Waals surface area contributed by atoms with Crippen LogP contribution in [0.25, 0.3) is 11.0 Å². The van der Waals surface area contributed by atoms with E-state index in [0.717, 1.165) is 17.5 Å². The average molecular weight is 418 g/mol. The summed E-state index contributed by atoms with van der Waals surface area (Å²) in [6.07, 6.45) is 1.51. The van der Waals surface area contributed by atoms with E-state index in [-0.39, 0.29) is 23.0 Å². The lowest BCUT2D eigenvalue weighted by atomic mass is 10.2. The zero-order valence-corrected chi connectivity index (χ0v) is 16.9. The SMILES string of the molecule is CCCn1c(CCC(=O)NCc2ccc(F)cc2)nc2cc(S(N)(=O)=O)ccc21. The van der Waals surface area contributed by atoms with Crippen LogP contribution >= 0.6 is 0 Å². The molecule has 29 heavy (non-hydrogen) atoms. The maximum absolute atomic E-state index is 12.9. The highest BCUT2D eigenvalue weighted by Gasteiger charge is 2.15. The van der Waals surface area contributed by atoms with E-state index in [1.54, 1.807) is 18.2 Å². The fraction of sp³-hybridized carbons (Fsp3) is 0.300. The molecule has 2 aromatic carbocycles. The highest BCUT2D eigenvalue weighted by atomic mass is 32.2. The van der Waals surface area contributed by atoms with Gasteiger partial charge < -0.3 is 9.88 Å². The molecule has 3 N–H and O–H groups in total. The number of carbonyl (C=O) groups is 1. The summed E-state index contributed by atoms with van der Waals surface area (Å²) in [6, 6.07) is 10.6. The summed E-state index contributed by atoms with van der Waals surface area (Å²) in [6.45, 7) is 3.06. The smallest absolute Gasteiger partial charge is 0.238 e.